The molecule has 0 radical (unpaired) electrons. The summed E-state index contributed by atoms with van der Waals surface area (Å²) in [6.07, 6.45) is 0.803. The molecule has 2 heterocycles. The molecule has 98 valence electrons. The van der Waals surface area contributed by atoms with Crippen molar-refractivity contribution in [3.05, 3.63) is 42.7 Å². The number of nitrogens with zero attached hydrogens (tertiary/aromatic N) is 3. The van der Waals surface area contributed by atoms with E-state index in [1.807, 2.05) is 4.57 Å². The molecule has 0 fully saturated rings. The van der Waals surface area contributed by atoms with Crippen molar-refractivity contribution in [2.24, 2.45) is 0 Å². The lowest BCUT2D eigenvalue weighted by Gasteiger charge is -2.12. The van der Waals surface area contributed by atoms with E-state index < -0.39 is 12.3 Å². The van der Waals surface area contributed by atoms with Gasteiger partial charge < -0.3 is 14.2 Å². The Labute approximate surface area is 101 Å². The maximum atomic E-state index is 12.3. The molecule has 2 aromatic heterocycles. The van der Waals surface area contributed by atoms with Crippen LogP contribution in [0.4, 0.5) is 13.2 Å². The standard InChI is InChI=1S/C11H12F3N3O/c12-11(13,14)10(18)9-1-3-16(7-9)5-6-17-4-2-15-8-17/h1-4,7-8,10,18H,5-6H2. The van der Waals surface area contributed by atoms with Crippen molar-refractivity contribution in [2.75, 3.05) is 0 Å². The first kappa shape index (κ1) is 12.7. The summed E-state index contributed by atoms with van der Waals surface area (Å²) in [6, 6.07) is 1.27. The lowest BCUT2D eigenvalue weighted by Crippen LogP contribution is -2.19. The molecular weight excluding hydrogens is 247 g/mol. The van der Waals surface area contributed by atoms with E-state index in [-0.39, 0.29) is 5.56 Å². The van der Waals surface area contributed by atoms with Crippen molar-refractivity contribution < 1.29 is 18.3 Å². The van der Waals surface area contributed by atoms with E-state index in [1.54, 1.807) is 23.3 Å². The second kappa shape index (κ2) is 4.85. The first-order chi connectivity index (χ1) is 8.47. The smallest absolute Gasteiger partial charge is 0.379 e. The van der Waals surface area contributed by atoms with E-state index in [9.17, 15) is 13.2 Å². The maximum absolute atomic E-state index is 12.3. The highest BCUT2D eigenvalue weighted by atomic mass is 19.4. The topological polar surface area (TPSA) is 43.0 Å². The van der Waals surface area contributed by atoms with Gasteiger partial charge in [-0.15, -0.1) is 0 Å². The Kier molecular flexibility index (Phi) is 3.42. The van der Waals surface area contributed by atoms with Crippen LogP contribution in [0.1, 0.15) is 11.7 Å². The van der Waals surface area contributed by atoms with E-state index in [4.69, 9.17) is 5.11 Å². The molecule has 0 aliphatic heterocycles. The monoisotopic (exact) mass is 259 g/mol. The van der Waals surface area contributed by atoms with Crippen molar-refractivity contribution in [1.82, 2.24) is 14.1 Å². The molecule has 0 aliphatic carbocycles. The number of hydrogen-bond acceptors (Lipinski definition) is 2. The Morgan fingerprint density at radius 1 is 1.22 bits per heavy atom. The molecule has 0 saturated heterocycles. The largest absolute Gasteiger partial charge is 0.418 e. The van der Waals surface area contributed by atoms with E-state index >= 15 is 0 Å². The molecule has 1 N–H and O–H groups in total. The zero-order chi connectivity index (χ0) is 13.2. The molecule has 1 atom stereocenters. The van der Waals surface area contributed by atoms with Gasteiger partial charge in [-0.05, 0) is 6.07 Å². The summed E-state index contributed by atoms with van der Waals surface area (Å²) >= 11 is 0. The van der Waals surface area contributed by atoms with Crippen LogP contribution in [0.2, 0.25) is 0 Å². The van der Waals surface area contributed by atoms with Crippen LogP contribution >= 0.6 is 0 Å². The molecule has 0 bridgehead atoms. The zero-order valence-corrected chi connectivity index (χ0v) is 9.38. The Bertz CT molecular complexity index is 490. The minimum atomic E-state index is -4.63. The van der Waals surface area contributed by atoms with Gasteiger partial charge in [0.2, 0.25) is 0 Å². The average Bonchev–Trinajstić information content (AvgIpc) is 2.95. The molecule has 0 amide bonds. The van der Waals surface area contributed by atoms with E-state index in [1.165, 1.54) is 18.5 Å². The highest BCUT2D eigenvalue weighted by Crippen LogP contribution is 2.32. The van der Waals surface area contributed by atoms with Crippen LogP contribution in [0.5, 0.6) is 0 Å². The predicted octanol–water partition coefficient (Wildman–Crippen LogP) is 1.98. The fourth-order valence-corrected chi connectivity index (χ4v) is 1.60. The number of aryl methyl sites for hydroxylation is 2. The van der Waals surface area contributed by atoms with E-state index in [2.05, 4.69) is 4.98 Å². The molecule has 18 heavy (non-hydrogen) atoms. The van der Waals surface area contributed by atoms with Gasteiger partial charge in [0.05, 0.1) is 6.33 Å². The van der Waals surface area contributed by atoms with Crippen molar-refractivity contribution in [3.8, 4) is 0 Å². The van der Waals surface area contributed by atoms with Gasteiger partial charge in [0.1, 0.15) is 0 Å². The van der Waals surface area contributed by atoms with Crippen LogP contribution in [0.3, 0.4) is 0 Å². The van der Waals surface area contributed by atoms with Gasteiger partial charge in [-0.2, -0.15) is 13.2 Å². The molecule has 0 spiro atoms. The first-order valence-electron chi connectivity index (χ1n) is 5.33. The second-order valence-electron chi connectivity index (χ2n) is 3.93. The second-order valence-corrected chi connectivity index (χ2v) is 3.93. The van der Waals surface area contributed by atoms with Crippen LogP contribution in [0.15, 0.2) is 37.2 Å². The van der Waals surface area contributed by atoms with Gasteiger partial charge >= 0.3 is 6.18 Å². The summed E-state index contributed by atoms with van der Waals surface area (Å²) < 4.78 is 40.3. The van der Waals surface area contributed by atoms with E-state index in [0.717, 1.165) is 0 Å². The van der Waals surface area contributed by atoms with Gasteiger partial charge in [0, 0.05) is 43.4 Å². The third kappa shape index (κ3) is 2.92. The Balaban J connectivity index is 1.98. The number of aromatic nitrogens is 3. The van der Waals surface area contributed by atoms with Crippen molar-refractivity contribution in [3.63, 3.8) is 0 Å². The number of aliphatic hydroxyl groups excluding tert-OH is 1. The first-order valence-corrected chi connectivity index (χ1v) is 5.33. The fraction of sp³-hybridized carbons (Fsp3) is 0.364. The zero-order valence-electron chi connectivity index (χ0n) is 9.38. The van der Waals surface area contributed by atoms with Gasteiger partial charge in [-0.1, -0.05) is 0 Å². The Morgan fingerprint density at radius 2 is 1.94 bits per heavy atom. The van der Waals surface area contributed by atoms with Crippen LogP contribution in [-0.2, 0) is 13.1 Å². The third-order valence-electron chi connectivity index (χ3n) is 2.57. The molecule has 4 nitrogen and oxygen atoms in total. The lowest BCUT2D eigenvalue weighted by atomic mass is 10.2. The van der Waals surface area contributed by atoms with Crippen LogP contribution in [0.25, 0.3) is 0 Å². The Morgan fingerprint density at radius 3 is 2.56 bits per heavy atom. The minimum Gasteiger partial charge on any atom is -0.379 e. The molecule has 2 rings (SSSR count). The lowest BCUT2D eigenvalue weighted by molar-refractivity contribution is -0.206. The molecule has 7 heteroatoms. The van der Waals surface area contributed by atoms with E-state index in [0.29, 0.717) is 13.1 Å². The van der Waals surface area contributed by atoms with Gasteiger partial charge in [-0.3, -0.25) is 0 Å². The number of rotatable bonds is 4. The quantitative estimate of drug-likeness (QED) is 0.912. The Hall–Kier alpha value is -1.76. The van der Waals surface area contributed by atoms with Crippen LogP contribution in [-0.4, -0.2) is 25.4 Å². The molecule has 2 aromatic rings. The summed E-state index contributed by atoms with van der Waals surface area (Å²) in [5.41, 5.74) is -0.145. The van der Waals surface area contributed by atoms with Crippen LogP contribution < -0.4 is 0 Å². The highest BCUT2D eigenvalue weighted by Gasteiger charge is 2.39. The normalized spacial score (nSPS) is 13.8. The molecule has 1 unspecified atom stereocenters. The van der Waals surface area contributed by atoms with Crippen molar-refractivity contribution in [1.29, 1.82) is 0 Å². The number of hydrogen-bond donors (Lipinski definition) is 1. The summed E-state index contributed by atoms with van der Waals surface area (Å²) in [5.74, 6) is 0. The van der Waals surface area contributed by atoms with Gasteiger partial charge in [-0.25, -0.2) is 4.98 Å². The average molecular weight is 259 g/mol. The molecule has 0 aliphatic rings. The molecule has 0 saturated carbocycles. The van der Waals surface area contributed by atoms with Gasteiger partial charge in [0.15, 0.2) is 6.10 Å². The summed E-state index contributed by atoms with van der Waals surface area (Å²) in [4.78, 5) is 3.87. The van der Waals surface area contributed by atoms with Crippen molar-refractivity contribution in [2.45, 2.75) is 25.4 Å². The number of halogens is 3. The number of aliphatic hydroxyl groups is 1. The number of alkyl halides is 3. The minimum absolute atomic E-state index is 0.145. The van der Waals surface area contributed by atoms with Crippen molar-refractivity contribution >= 4 is 0 Å². The summed E-state index contributed by atoms with van der Waals surface area (Å²) in [7, 11) is 0. The third-order valence-corrected chi connectivity index (χ3v) is 2.57. The predicted molar refractivity (Wildman–Crippen MR) is 57.7 cm³/mol. The number of imidazole rings is 1. The summed E-state index contributed by atoms with van der Waals surface area (Å²) in [5, 5.41) is 9.07. The SMILES string of the molecule is OC(c1ccn(CCn2ccnc2)c1)C(F)(F)F. The van der Waals surface area contributed by atoms with Gasteiger partial charge in [0.25, 0.3) is 0 Å². The molecular formula is C11H12F3N3O. The molecule has 0 aromatic carbocycles. The highest BCUT2D eigenvalue weighted by molar-refractivity contribution is 5.15. The fourth-order valence-electron chi connectivity index (χ4n) is 1.60. The summed E-state index contributed by atoms with van der Waals surface area (Å²) in [6.45, 7) is 1.12. The van der Waals surface area contributed by atoms with Crippen LogP contribution in [0, 0.1) is 0 Å². The maximum Gasteiger partial charge on any atom is 0.418 e.